The van der Waals surface area contributed by atoms with Gasteiger partial charge in [-0.1, -0.05) is 24.3 Å². The predicted octanol–water partition coefficient (Wildman–Crippen LogP) is 4.49. The van der Waals surface area contributed by atoms with Gasteiger partial charge in [-0.25, -0.2) is 4.98 Å². The number of ether oxygens (including phenoxy) is 1. The fourth-order valence-corrected chi connectivity index (χ4v) is 3.38. The van der Waals surface area contributed by atoms with Crippen molar-refractivity contribution in [1.82, 2.24) is 14.8 Å². The molecule has 0 aliphatic rings. The molecule has 0 fully saturated rings. The van der Waals surface area contributed by atoms with Gasteiger partial charge in [0.05, 0.1) is 29.4 Å². The van der Waals surface area contributed by atoms with Crippen molar-refractivity contribution in [2.45, 2.75) is 32.7 Å². The van der Waals surface area contributed by atoms with E-state index in [1.165, 1.54) is 0 Å². The number of carboxylic acid groups (broad SMARTS) is 1. The summed E-state index contributed by atoms with van der Waals surface area (Å²) in [7, 11) is 0. The summed E-state index contributed by atoms with van der Waals surface area (Å²) in [6.45, 7) is 2.93. The quantitative estimate of drug-likeness (QED) is 0.441. The van der Waals surface area contributed by atoms with Crippen molar-refractivity contribution in [1.29, 1.82) is 0 Å². The van der Waals surface area contributed by atoms with Gasteiger partial charge >= 0.3 is 5.97 Å². The van der Waals surface area contributed by atoms with E-state index < -0.39 is 5.97 Å². The van der Waals surface area contributed by atoms with Crippen LogP contribution in [-0.4, -0.2) is 32.4 Å². The molecule has 0 saturated heterocycles. The first-order valence-electron chi connectivity index (χ1n) is 9.92. The predicted molar refractivity (Wildman–Crippen MR) is 112 cm³/mol. The van der Waals surface area contributed by atoms with E-state index in [9.17, 15) is 4.79 Å². The minimum Gasteiger partial charge on any atom is -0.492 e. The van der Waals surface area contributed by atoms with Gasteiger partial charge in [0.1, 0.15) is 11.5 Å². The van der Waals surface area contributed by atoms with Crippen LogP contribution in [0.25, 0.3) is 22.4 Å². The van der Waals surface area contributed by atoms with Crippen LogP contribution >= 0.6 is 0 Å². The van der Waals surface area contributed by atoms with Gasteiger partial charge in [-0.15, -0.1) is 0 Å². The Labute approximate surface area is 173 Å². The van der Waals surface area contributed by atoms with E-state index >= 15 is 0 Å². The number of carboxylic acids is 1. The first-order valence-corrected chi connectivity index (χ1v) is 9.92. The van der Waals surface area contributed by atoms with Crippen molar-refractivity contribution >= 4 is 16.9 Å². The van der Waals surface area contributed by atoms with Crippen molar-refractivity contribution in [2.75, 3.05) is 6.61 Å². The summed E-state index contributed by atoms with van der Waals surface area (Å²) in [5, 5.41) is 14.1. The lowest BCUT2D eigenvalue weighted by Gasteiger charge is -2.07. The van der Waals surface area contributed by atoms with Crippen LogP contribution in [0.2, 0.25) is 0 Å². The maximum atomic E-state index is 10.7. The van der Waals surface area contributed by atoms with Crippen LogP contribution in [0.3, 0.4) is 0 Å². The molecule has 0 aliphatic carbocycles. The number of aromatic nitrogens is 3. The zero-order valence-electron chi connectivity index (χ0n) is 16.7. The molecule has 0 unspecified atom stereocenters. The van der Waals surface area contributed by atoms with E-state index in [4.69, 9.17) is 14.3 Å². The van der Waals surface area contributed by atoms with Gasteiger partial charge in [0.2, 0.25) is 5.89 Å². The summed E-state index contributed by atoms with van der Waals surface area (Å²) in [5.41, 5.74) is 2.76. The number of benzene rings is 2. The van der Waals surface area contributed by atoms with Crippen LogP contribution in [0.4, 0.5) is 0 Å². The van der Waals surface area contributed by atoms with Crippen LogP contribution in [0, 0.1) is 6.92 Å². The number of rotatable bonds is 9. The molecule has 0 amide bonds. The van der Waals surface area contributed by atoms with Crippen LogP contribution in [0.15, 0.2) is 59.1 Å². The molecule has 7 nitrogen and oxygen atoms in total. The molecule has 0 radical (unpaired) electrons. The van der Waals surface area contributed by atoms with Gasteiger partial charge in [0.25, 0.3) is 0 Å². The Hall–Kier alpha value is -3.61. The monoisotopic (exact) mass is 405 g/mol. The summed E-state index contributed by atoms with van der Waals surface area (Å²) in [5.74, 6) is 1.37. The number of hydrogen-bond acceptors (Lipinski definition) is 5. The van der Waals surface area contributed by atoms with E-state index in [0.29, 0.717) is 31.9 Å². The van der Waals surface area contributed by atoms with Crippen LogP contribution in [0.5, 0.6) is 5.75 Å². The highest BCUT2D eigenvalue weighted by Crippen LogP contribution is 2.26. The molecule has 0 atom stereocenters. The lowest BCUT2D eigenvalue weighted by atomic mass is 10.2. The summed E-state index contributed by atoms with van der Waals surface area (Å²) in [6, 6.07) is 15.6. The Morgan fingerprint density at radius 3 is 2.80 bits per heavy atom. The summed E-state index contributed by atoms with van der Waals surface area (Å²) < 4.78 is 13.6. The summed E-state index contributed by atoms with van der Waals surface area (Å²) >= 11 is 0. The fourth-order valence-electron chi connectivity index (χ4n) is 3.38. The van der Waals surface area contributed by atoms with Gasteiger partial charge in [0, 0.05) is 24.9 Å². The van der Waals surface area contributed by atoms with Crippen LogP contribution in [-0.2, 0) is 17.8 Å². The highest BCUT2D eigenvalue weighted by Gasteiger charge is 2.13. The Bertz CT molecular complexity index is 1150. The van der Waals surface area contributed by atoms with E-state index in [2.05, 4.69) is 10.1 Å². The normalized spacial score (nSPS) is 11.1. The van der Waals surface area contributed by atoms with Gasteiger partial charge in [-0.2, -0.15) is 5.10 Å². The molecular weight excluding hydrogens is 382 g/mol. The van der Waals surface area contributed by atoms with Crippen molar-refractivity contribution in [3.05, 3.63) is 66.2 Å². The molecule has 7 heteroatoms. The average molecular weight is 405 g/mol. The maximum Gasteiger partial charge on any atom is 0.303 e. The van der Waals surface area contributed by atoms with Gasteiger partial charge in [-0.05, 0) is 37.6 Å². The van der Waals surface area contributed by atoms with E-state index in [1.807, 2.05) is 60.1 Å². The molecule has 4 aromatic rings. The molecule has 0 bridgehead atoms. The number of nitrogens with zero attached hydrogens (tertiary/aromatic N) is 3. The minimum atomic E-state index is -0.797. The van der Waals surface area contributed by atoms with Crippen molar-refractivity contribution in [2.24, 2.45) is 0 Å². The third-order valence-corrected chi connectivity index (χ3v) is 4.92. The number of oxazole rings is 1. The highest BCUT2D eigenvalue weighted by molar-refractivity contribution is 5.85. The molecule has 0 aliphatic heterocycles. The molecule has 2 heterocycles. The Morgan fingerprint density at radius 2 is 2.00 bits per heavy atom. The molecule has 0 spiro atoms. The third kappa shape index (κ3) is 4.35. The number of hydrogen-bond donors (Lipinski definition) is 1. The first kappa shape index (κ1) is 19.7. The van der Waals surface area contributed by atoms with Crippen molar-refractivity contribution < 1.29 is 19.1 Å². The van der Waals surface area contributed by atoms with Crippen LogP contribution in [0.1, 0.15) is 24.3 Å². The standard InChI is InChI=1S/C23H23N3O4/c1-16-19(25-23(30-16)17-7-3-2-4-8-17)12-14-29-21-10-5-9-20-18(21)15-24-26(20)13-6-11-22(27)28/h2-5,7-10,15H,6,11-14H2,1H3,(H,27,28). The van der Waals surface area contributed by atoms with Gasteiger partial charge < -0.3 is 14.3 Å². The molecule has 2 aromatic carbocycles. The van der Waals surface area contributed by atoms with E-state index in [1.54, 1.807) is 6.20 Å². The van der Waals surface area contributed by atoms with Crippen molar-refractivity contribution in [3.8, 4) is 17.2 Å². The summed E-state index contributed by atoms with van der Waals surface area (Å²) in [4.78, 5) is 15.3. The Morgan fingerprint density at radius 1 is 1.17 bits per heavy atom. The number of carbonyl (C=O) groups is 1. The van der Waals surface area contributed by atoms with Gasteiger partial charge in [-0.3, -0.25) is 9.48 Å². The SMILES string of the molecule is Cc1oc(-c2ccccc2)nc1CCOc1cccc2c1cnn2CCCC(=O)O. The zero-order valence-corrected chi connectivity index (χ0v) is 16.7. The average Bonchev–Trinajstić information content (AvgIpc) is 3.33. The number of fused-ring (bicyclic) bond motifs is 1. The second-order valence-corrected chi connectivity index (χ2v) is 7.04. The smallest absolute Gasteiger partial charge is 0.303 e. The van der Waals surface area contributed by atoms with Crippen molar-refractivity contribution in [3.63, 3.8) is 0 Å². The Balaban J connectivity index is 1.41. The molecule has 4 rings (SSSR count). The minimum absolute atomic E-state index is 0.125. The molecule has 2 aromatic heterocycles. The third-order valence-electron chi connectivity index (χ3n) is 4.92. The molecule has 30 heavy (non-hydrogen) atoms. The number of aliphatic carboxylic acids is 1. The molecular formula is C23H23N3O4. The second-order valence-electron chi connectivity index (χ2n) is 7.04. The molecule has 0 saturated carbocycles. The van der Waals surface area contributed by atoms with Crippen LogP contribution < -0.4 is 4.74 Å². The topological polar surface area (TPSA) is 90.4 Å². The van der Waals surface area contributed by atoms with E-state index in [-0.39, 0.29) is 6.42 Å². The lowest BCUT2D eigenvalue weighted by Crippen LogP contribution is -2.04. The molecule has 154 valence electrons. The lowest BCUT2D eigenvalue weighted by molar-refractivity contribution is -0.137. The summed E-state index contributed by atoms with van der Waals surface area (Å²) in [6.07, 6.45) is 3.05. The first-order chi connectivity index (χ1) is 14.6. The van der Waals surface area contributed by atoms with E-state index in [0.717, 1.165) is 33.7 Å². The largest absolute Gasteiger partial charge is 0.492 e. The maximum absolute atomic E-state index is 10.7. The number of aryl methyl sites for hydroxylation is 2. The van der Waals surface area contributed by atoms with Gasteiger partial charge in [0.15, 0.2) is 0 Å². The zero-order chi connectivity index (χ0) is 20.9. The fraction of sp³-hybridized carbons (Fsp3) is 0.261. The second kappa shape index (κ2) is 8.82. The molecule has 1 N–H and O–H groups in total. The highest BCUT2D eigenvalue weighted by atomic mass is 16.5. The Kier molecular flexibility index (Phi) is 5.79.